The summed E-state index contributed by atoms with van der Waals surface area (Å²) >= 11 is 0. The molecule has 0 radical (unpaired) electrons. The summed E-state index contributed by atoms with van der Waals surface area (Å²) in [5, 5.41) is 13.6. The molecule has 0 amide bonds. The number of carboxylic acids is 1. The fraction of sp³-hybridized carbons (Fsp3) is 0.875. The third kappa shape index (κ3) is 9.39. The molecule has 4 heteroatoms. The number of carboxylic acid groups (broad SMARTS) is 1. The quantitative estimate of drug-likeness (QED) is 0.553. The lowest BCUT2D eigenvalue weighted by molar-refractivity contribution is -0.135. The number of nitrogens with one attached hydrogen (secondary N) is 2. The Morgan fingerprint density at radius 3 is 2.08 bits per heavy atom. The first-order valence-electron chi connectivity index (χ1n) is 4.34. The highest BCUT2D eigenvalue weighted by atomic mass is 16.4. The van der Waals surface area contributed by atoms with Gasteiger partial charge in [-0.3, -0.25) is 4.79 Å². The number of carbonyl (C=O) groups is 1. The van der Waals surface area contributed by atoms with Crippen molar-refractivity contribution in [3.63, 3.8) is 0 Å². The predicted molar refractivity (Wildman–Crippen MR) is 48.3 cm³/mol. The maximum atomic E-state index is 9.54. The number of piperidine rings is 1. The molecular weight excluding hydrogens is 156 g/mol. The minimum atomic E-state index is -0.822. The minimum absolute atomic E-state index is 0.0417. The van der Waals surface area contributed by atoms with Crippen molar-refractivity contribution in [2.75, 3.05) is 26.7 Å². The molecular formula is C8H18N2O2. The van der Waals surface area contributed by atoms with Crippen LogP contribution in [-0.2, 0) is 4.79 Å². The SMILES string of the molecule is C1CCNCC1.CNCC(=O)O. The molecule has 0 aromatic heterocycles. The zero-order valence-electron chi connectivity index (χ0n) is 7.60. The first-order valence-corrected chi connectivity index (χ1v) is 4.34. The van der Waals surface area contributed by atoms with Crippen LogP contribution in [0.4, 0.5) is 0 Å². The summed E-state index contributed by atoms with van der Waals surface area (Å²) in [6.07, 6.45) is 4.22. The van der Waals surface area contributed by atoms with Crippen molar-refractivity contribution in [3.8, 4) is 0 Å². The Morgan fingerprint density at radius 1 is 1.42 bits per heavy atom. The Morgan fingerprint density at radius 2 is 2.00 bits per heavy atom. The van der Waals surface area contributed by atoms with Crippen LogP contribution in [0, 0.1) is 0 Å². The lowest BCUT2D eigenvalue weighted by atomic mass is 10.2. The molecule has 1 saturated heterocycles. The summed E-state index contributed by atoms with van der Waals surface area (Å²) in [7, 11) is 1.59. The van der Waals surface area contributed by atoms with Crippen LogP contribution in [-0.4, -0.2) is 37.8 Å². The molecule has 1 aliphatic rings. The van der Waals surface area contributed by atoms with Crippen molar-refractivity contribution < 1.29 is 9.90 Å². The first kappa shape index (κ1) is 11.4. The van der Waals surface area contributed by atoms with Gasteiger partial charge in [-0.05, 0) is 33.0 Å². The summed E-state index contributed by atoms with van der Waals surface area (Å²) in [5.41, 5.74) is 0. The summed E-state index contributed by atoms with van der Waals surface area (Å²) in [6.45, 7) is 2.54. The van der Waals surface area contributed by atoms with Crippen LogP contribution in [0.25, 0.3) is 0 Å². The van der Waals surface area contributed by atoms with Crippen molar-refractivity contribution in [3.05, 3.63) is 0 Å². The highest BCUT2D eigenvalue weighted by molar-refractivity contribution is 5.68. The monoisotopic (exact) mass is 174 g/mol. The van der Waals surface area contributed by atoms with Crippen LogP contribution in [0.3, 0.4) is 0 Å². The molecule has 0 unspecified atom stereocenters. The van der Waals surface area contributed by atoms with Gasteiger partial charge in [-0.2, -0.15) is 0 Å². The minimum Gasteiger partial charge on any atom is -0.480 e. The summed E-state index contributed by atoms with van der Waals surface area (Å²) in [6, 6.07) is 0. The second-order valence-corrected chi connectivity index (χ2v) is 2.73. The van der Waals surface area contributed by atoms with Gasteiger partial charge in [-0.25, -0.2) is 0 Å². The molecule has 0 aromatic carbocycles. The van der Waals surface area contributed by atoms with Crippen molar-refractivity contribution in [2.24, 2.45) is 0 Å². The van der Waals surface area contributed by atoms with Crippen molar-refractivity contribution in [1.82, 2.24) is 10.6 Å². The Hall–Kier alpha value is -0.610. The van der Waals surface area contributed by atoms with Gasteiger partial charge in [-0.1, -0.05) is 6.42 Å². The first-order chi connectivity index (χ1) is 5.77. The molecule has 1 rings (SSSR count). The van der Waals surface area contributed by atoms with Crippen LogP contribution in [0.15, 0.2) is 0 Å². The fourth-order valence-electron chi connectivity index (χ4n) is 0.953. The average molecular weight is 174 g/mol. The number of likely N-dealkylation sites (N-methyl/N-ethyl adjacent to an activating group) is 1. The second kappa shape index (κ2) is 8.49. The normalized spacial score (nSPS) is 16.1. The largest absolute Gasteiger partial charge is 0.480 e. The molecule has 3 N–H and O–H groups in total. The molecule has 0 aliphatic carbocycles. The third-order valence-electron chi connectivity index (χ3n) is 1.54. The number of hydrogen-bond donors (Lipinski definition) is 3. The predicted octanol–water partition coefficient (Wildman–Crippen LogP) is 0.0503. The van der Waals surface area contributed by atoms with E-state index in [-0.39, 0.29) is 6.54 Å². The van der Waals surface area contributed by atoms with Gasteiger partial charge in [-0.15, -0.1) is 0 Å². The van der Waals surface area contributed by atoms with Crippen LogP contribution < -0.4 is 10.6 Å². The van der Waals surface area contributed by atoms with Gasteiger partial charge in [0.2, 0.25) is 0 Å². The summed E-state index contributed by atoms with van der Waals surface area (Å²) in [4.78, 5) is 9.54. The van der Waals surface area contributed by atoms with E-state index in [1.807, 2.05) is 0 Å². The Balaban J connectivity index is 0.000000202. The van der Waals surface area contributed by atoms with Crippen LogP contribution in [0.1, 0.15) is 19.3 Å². The van der Waals surface area contributed by atoms with Gasteiger partial charge in [0, 0.05) is 0 Å². The van der Waals surface area contributed by atoms with Gasteiger partial charge >= 0.3 is 5.97 Å². The number of aliphatic carboxylic acids is 1. The Labute approximate surface area is 73.3 Å². The van der Waals surface area contributed by atoms with Crippen LogP contribution in [0.5, 0.6) is 0 Å². The lowest BCUT2D eigenvalue weighted by Crippen LogP contribution is -2.21. The summed E-state index contributed by atoms with van der Waals surface area (Å²) < 4.78 is 0. The van der Waals surface area contributed by atoms with E-state index in [2.05, 4.69) is 10.6 Å². The van der Waals surface area contributed by atoms with E-state index in [1.165, 1.54) is 32.4 Å². The second-order valence-electron chi connectivity index (χ2n) is 2.73. The lowest BCUT2D eigenvalue weighted by Gasteiger charge is -2.08. The van der Waals surface area contributed by atoms with Gasteiger partial charge < -0.3 is 15.7 Å². The molecule has 0 aromatic rings. The van der Waals surface area contributed by atoms with Gasteiger partial charge in [0.15, 0.2) is 0 Å². The topological polar surface area (TPSA) is 61.4 Å². The van der Waals surface area contributed by atoms with E-state index >= 15 is 0 Å². The molecule has 12 heavy (non-hydrogen) atoms. The molecule has 0 saturated carbocycles. The third-order valence-corrected chi connectivity index (χ3v) is 1.54. The molecule has 1 fully saturated rings. The number of hydrogen-bond acceptors (Lipinski definition) is 3. The number of rotatable bonds is 2. The smallest absolute Gasteiger partial charge is 0.317 e. The van der Waals surface area contributed by atoms with Crippen molar-refractivity contribution in [2.45, 2.75) is 19.3 Å². The highest BCUT2D eigenvalue weighted by Crippen LogP contribution is 1.96. The van der Waals surface area contributed by atoms with E-state index in [0.29, 0.717) is 0 Å². The van der Waals surface area contributed by atoms with Crippen molar-refractivity contribution in [1.29, 1.82) is 0 Å². The van der Waals surface area contributed by atoms with E-state index in [1.54, 1.807) is 7.05 Å². The average Bonchev–Trinajstić information content (AvgIpc) is 2.08. The molecule has 0 atom stereocenters. The Kier molecular flexibility index (Phi) is 8.05. The standard InChI is InChI=1S/C5H11N.C3H7NO2/c1-2-4-6-5-3-1;1-4-2-3(5)6/h6H,1-5H2;4H,2H2,1H3,(H,5,6). The van der Waals surface area contributed by atoms with E-state index in [0.717, 1.165) is 0 Å². The molecule has 4 nitrogen and oxygen atoms in total. The maximum absolute atomic E-state index is 9.54. The maximum Gasteiger partial charge on any atom is 0.317 e. The van der Waals surface area contributed by atoms with Gasteiger partial charge in [0.05, 0.1) is 6.54 Å². The molecule has 0 bridgehead atoms. The molecule has 1 aliphatic heterocycles. The highest BCUT2D eigenvalue weighted by Gasteiger charge is 1.93. The Bertz CT molecular complexity index is 102. The molecule has 0 spiro atoms. The molecule has 72 valence electrons. The van der Waals surface area contributed by atoms with E-state index < -0.39 is 5.97 Å². The van der Waals surface area contributed by atoms with E-state index in [4.69, 9.17) is 5.11 Å². The summed E-state index contributed by atoms with van der Waals surface area (Å²) in [5.74, 6) is -0.822. The zero-order valence-corrected chi connectivity index (χ0v) is 7.60. The van der Waals surface area contributed by atoms with Gasteiger partial charge in [0.25, 0.3) is 0 Å². The zero-order chi connectivity index (χ0) is 9.23. The van der Waals surface area contributed by atoms with E-state index in [9.17, 15) is 4.79 Å². The molecule has 1 heterocycles. The van der Waals surface area contributed by atoms with Gasteiger partial charge in [0.1, 0.15) is 0 Å². The van der Waals surface area contributed by atoms with Crippen LogP contribution >= 0.6 is 0 Å². The van der Waals surface area contributed by atoms with Crippen molar-refractivity contribution >= 4 is 5.97 Å². The fourth-order valence-corrected chi connectivity index (χ4v) is 0.953. The van der Waals surface area contributed by atoms with Crippen LogP contribution in [0.2, 0.25) is 0 Å².